The first-order valence-electron chi connectivity index (χ1n) is 11.1. The summed E-state index contributed by atoms with van der Waals surface area (Å²) in [7, 11) is 0. The maximum absolute atomic E-state index is 14.1. The largest absolute Gasteiger partial charge is 0.461 e. The third-order valence-corrected chi connectivity index (χ3v) is 5.53. The van der Waals surface area contributed by atoms with Gasteiger partial charge in [-0.15, -0.1) is 0 Å². The third kappa shape index (κ3) is 5.29. The maximum Gasteiger partial charge on any atom is 0.359 e. The average molecular weight is 588 g/mol. The zero-order valence-corrected chi connectivity index (χ0v) is 21.6. The molecule has 0 aliphatic heterocycles. The number of aromatic nitrogens is 6. The minimum atomic E-state index is -0.886. The van der Waals surface area contributed by atoms with E-state index in [4.69, 9.17) is 15.2 Å². The van der Waals surface area contributed by atoms with Gasteiger partial charge in [-0.25, -0.2) is 33.3 Å². The van der Waals surface area contributed by atoms with Gasteiger partial charge in [-0.05, 0) is 41.9 Å². The summed E-state index contributed by atoms with van der Waals surface area (Å²) < 4.78 is 41.6. The van der Waals surface area contributed by atoms with Gasteiger partial charge in [-0.2, -0.15) is 0 Å². The molecule has 196 valence electrons. The van der Waals surface area contributed by atoms with Crippen molar-refractivity contribution >= 4 is 44.6 Å². The number of ether oxygens (including phenoxy) is 2. The number of hydrogen-bond donors (Lipinski definition) is 1. The molecule has 5 rings (SSSR count). The SMILES string of the molecule is CCOC(=O)c1ncn2cc(-c3c(F)ccc(N)c3F)ncc12.CCOC(=O)c1ncn2cc(Br)ncc12. The molecule has 4 heterocycles. The summed E-state index contributed by atoms with van der Waals surface area (Å²) in [6, 6.07) is 2.21. The molecule has 38 heavy (non-hydrogen) atoms. The van der Waals surface area contributed by atoms with Crippen LogP contribution in [0.25, 0.3) is 22.3 Å². The van der Waals surface area contributed by atoms with Crippen molar-refractivity contribution in [1.82, 2.24) is 28.7 Å². The molecule has 0 unspecified atom stereocenters. The molecular formula is C24H20BrF2N7O4. The molecule has 0 atom stereocenters. The highest BCUT2D eigenvalue weighted by Gasteiger charge is 2.19. The Hall–Kier alpha value is -4.46. The third-order valence-electron chi connectivity index (χ3n) is 5.12. The van der Waals surface area contributed by atoms with Gasteiger partial charge in [0.2, 0.25) is 0 Å². The van der Waals surface area contributed by atoms with Crippen molar-refractivity contribution in [1.29, 1.82) is 0 Å². The molecule has 0 bridgehead atoms. The lowest BCUT2D eigenvalue weighted by Gasteiger charge is -2.07. The van der Waals surface area contributed by atoms with Crippen molar-refractivity contribution in [3.8, 4) is 11.3 Å². The quantitative estimate of drug-likeness (QED) is 0.238. The molecule has 0 saturated heterocycles. The van der Waals surface area contributed by atoms with Crippen LogP contribution in [-0.4, -0.2) is 53.9 Å². The molecule has 4 aromatic heterocycles. The van der Waals surface area contributed by atoms with Gasteiger partial charge >= 0.3 is 11.9 Å². The fraction of sp³-hybridized carbons (Fsp3) is 0.167. The lowest BCUT2D eigenvalue weighted by molar-refractivity contribution is 0.0513. The molecule has 0 saturated carbocycles. The van der Waals surface area contributed by atoms with E-state index in [2.05, 4.69) is 35.9 Å². The Bertz CT molecular complexity index is 1650. The predicted molar refractivity (Wildman–Crippen MR) is 135 cm³/mol. The number of benzene rings is 1. The number of nitrogens with two attached hydrogens (primary N) is 1. The maximum atomic E-state index is 14.1. The van der Waals surface area contributed by atoms with Crippen molar-refractivity contribution in [2.24, 2.45) is 0 Å². The van der Waals surface area contributed by atoms with Crippen LogP contribution in [0.3, 0.4) is 0 Å². The summed E-state index contributed by atoms with van der Waals surface area (Å²) in [4.78, 5) is 39.2. The van der Waals surface area contributed by atoms with Gasteiger partial charge in [0.15, 0.2) is 17.2 Å². The number of carbonyl (C=O) groups is 2. The molecule has 14 heteroatoms. The standard InChI is InChI=1S/C15H12F2N4O2.C9H8BrN3O2/c1-2-23-15(22)14-11-5-19-10(6-21(11)7-20-14)12-8(16)3-4-9(18)13(12)17;1-2-15-9(14)8-6-3-11-7(10)4-13(6)5-12-8/h3-7H,2,18H2,1H3;3-5H,2H2,1H3. The molecule has 2 N–H and O–H groups in total. The van der Waals surface area contributed by atoms with E-state index in [-0.39, 0.29) is 34.9 Å². The molecular weight excluding hydrogens is 568 g/mol. The second kappa shape index (κ2) is 11.3. The summed E-state index contributed by atoms with van der Waals surface area (Å²) in [5.74, 6) is -2.69. The van der Waals surface area contributed by atoms with Crippen LogP contribution in [0, 0.1) is 11.6 Å². The van der Waals surface area contributed by atoms with E-state index in [9.17, 15) is 18.4 Å². The van der Waals surface area contributed by atoms with Crippen LogP contribution in [0.2, 0.25) is 0 Å². The Morgan fingerprint density at radius 3 is 2.03 bits per heavy atom. The van der Waals surface area contributed by atoms with Gasteiger partial charge < -0.3 is 24.0 Å². The van der Waals surface area contributed by atoms with E-state index in [1.807, 2.05) is 0 Å². The van der Waals surface area contributed by atoms with Gasteiger partial charge in [-0.1, -0.05) is 0 Å². The van der Waals surface area contributed by atoms with Crippen LogP contribution in [0.5, 0.6) is 0 Å². The number of carbonyl (C=O) groups excluding carboxylic acids is 2. The second-order valence-electron chi connectivity index (χ2n) is 7.52. The van der Waals surface area contributed by atoms with Crippen molar-refractivity contribution in [3.05, 3.63) is 77.2 Å². The molecule has 11 nitrogen and oxygen atoms in total. The highest BCUT2D eigenvalue weighted by molar-refractivity contribution is 9.10. The normalized spacial score (nSPS) is 10.8. The fourth-order valence-electron chi connectivity index (χ4n) is 3.42. The smallest absolute Gasteiger partial charge is 0.359 e. The van der Waals surface area contributed by atoms with Crippen LogP contribution < -0.4 is 5.73 Å². The monoisotopic (exact) mass is 587 g/mol. The Balaban J connectivity index is 0.000000194. The molecule has 5 aromatic rings. The molecule has 0 fully saturated rings. The number of esters is 2. The Morgan fingerprint density at radius 1 is 0.895 bits per heavy atom. The number of nitrogen functional groups attached to an aromatic ring is 1. The lowest BCUT2D eigenvalue weighted by atomic mass is 10.1. The van der Waals surface area contributed by atoms with Crippen molar-refractivity contribution in [3.63, 3.8) is 0 Å². The highest BCUT2D eigenvalue weighted by Crippen LogP contribution is 2.28. The molecule has 0 aliphatic carbocycles. The Morgan fingerprint density at radius 2 is 1.45 bits per heavy atom. The number of anilines is 1. The first-order chi connectivity index (χ1) is 18.2. The van der Waals surface area contributed by atoms with Crippen LogP contribution in [0.4, 0.5) is 14.5 Å². The second-order valence-corrected chi connectivity index (χ2v) is 8.33. The van der Waals surface area contributed by atoms with Crippen LogP contribution in [0.1, 0.15) is 34.8 Å². The average Bonchev–Trinajstić information content (AvgIpc) is 3.51. The highest BCUT2D eigenvalue weighted by atomic mass is 79.9. The van der Waals surface area contributed by atoms with Crippen LogP contribution in [0.15, 0.2) is 54.2 Å². The number of imidazole rings is 2. The minimum absolute atomic E-state index is 0.0348. The number of rotatable bonds is 5. The van der Waals surface area contributed by atoms with E-state index < -0.39 is 23.6 Å². The summed E-state index contributed by atoms with van der Waals surface area (Å²) in [5.41, 5.74) is 6.37. The van der Waals surface area contributed by atoms with Gasteiger partial charge in [0, 0.05) is 12.4 Å². The van der Waals surface area contributed by atoms with Crippen molar-refractivity contribution in [2.45, 2.75) is 13.8 Å². The van der Waals surface area contributed by atoms with E-state index in [0.717, 1.165) is 12.1 Å². The molecule has 0 aliphatic rings. The van der Waals surface area contributed by atoms with Gasteiger partial charge in [0.25, 0.3) is 0 Å². The van der Waals surface area contributed by atoms with Crippen molar-refractivity contribution in [2.75, 3.05) is 18.9 Å². The van der Waals surface area contributed by atoms with E-state index in [1.54, 1.807) is 37.0 Å². The zero-order chi connectivity index (χ0) is 27.4. The number of nitrogens with zero attached hydrogens (tertiary/aromatic N) is 6. The zero-order valence-electron chi connectivity index (χ0n) is 20.1. The molecule has 1 aromatic carbocycles. The van der Waals surface area contributed by atoms with Crippen LogP contribution >= 0.6 is 15.9 Å². The van der Waals surface area contributed by atoms with Gasteiger partial charge in [-0.3, -0.25) is 4.98 Å². The van der Waals surface area contributed by atoms with E-state index >= 15 is 0 Å². The molecule has 0 amide bonds. The van der Waals surface area contributed by atoms with Gasteiger partial charge in [0.1, 0.15) is 23.1 Å². The molecule has 0 radical (unpaired) electrons. The first-order valence-corrected chi connectivity index (χ1v) is 11.9. The predicted octanol–water partition coefficient (Wildman–Crippen LogP) is 4.10. The summed E-state index contributed by atoms with van der Waals surface area (Å²) >= 11 is 3.23. The Kier molecular flexibility index (Phi) is 7.90. The topological polar surface area (TPSA) is 139 Å². The van der Waals surface area contributed by atoms with E-state index in [1.165, 1.54) is 23.1 Å². The van der Waals surface area contributed by atoms with Crippen molar-refractivity contribution < 1.29 is 27.8 Å². The first kappa shape index (κ1) is 26.6. The Labute approximate surface area is 222 Å². The van der Waals surface area contributed by atoms with Crippen LogP contribution in [-0.2, 0) is 9.47 Å². The molecule has 0 spiro atoms. The van der Waals surface area contributed by atoms with E-state index in [0.29, 0.717) is 22.2 Å². The number of hydrogen-bond acceptors (Lipinski definition) is 9. The summed E-state index contributed by atoms with van der Waals surface area (Å²) in [6.45, 7) is 3.98. The van der Waals surface area contributed by atoms with Gasteiger partial charge in [0.05, 0.1) is 53.6 Å². The number of halogens is 3. The number of fused-ring (bicyclic) bond motifs is 2. The summed E-state index contributed by atoms with van der Waals surface area (Å²) in [6.07, 6.45) is 8.86. The minimum Gasteiger partial charge on any atom is -0.461 e. The fourth-order valence-corrected chi connectivity index (χ4v) is 3.74. The summed E-state index contributed by atoms with van der Waals surface area (Å²) in [5, 5.41) is 0. The lowest BCUT2D eigenvalue weighted by Crippen LogP contribution is -2.06.